The Labute approximate surface area is 448 Å². The van der Waals surface area contributed by atoms with Crippen molar-refractivity contribution in [1.29, 1.82) is 5.26 Å². The lowest BCUT2D eigenvalue weighted by molar-refractivity contribution is 0.590. The maximum Gasteiger partial charge on any atom is 0.143 e. The van der Waals surface area contributed by atoms with E-state index in [1.165, 1.54) is 16.5 Å². The minimum Gasteiger partial charge on any atom is -0.455 e. The molecule has 0 bridgehead atoms. The summed E-state index contributed by atoms with van der Waals surface area (Å²) in [4.78, 5) is 6.75. The minimum atomic E-state index is -0.0104. The number of rotatable bonds is 8. The summed E-state index contributed by atoms with van der Waals surface area (Å²) in [6.07, 6.45) is 0. The molecular weight excluding hydrogens is 950 g/mol. The Morgan fingerprint density at radius 1 is 0.461 bits per heavy atom. The third kappa shape index (κ3) is 7.69. The van der Waals surface area contributed by atoms with E-state index in [4.69, 9.17) is 16.0 Å². The highest BCUT2D eigenvalue weighted by Crippen LogP contribution is 2.54. The zero-order valence-corrected chi connectivity index (χ0v) is 44.1. The van der Waals surface area contributed by atoms with E-state index < -0.39 is 0 Å². The molecule has 0 radical (unpaired) electrons. The zero-order valence-electron chi connectivity index (χ0n) is 43.3. The SMILES string of the molecule is CC(C)(C)c1ccc(N(c2ccc(C(C)(C)C)cc2)c2cccc(N(c3ccc(-c4cccc5c4oc4ccccc45)cc3)c3cc(C#N)cc(N4c5ccccc5-n5c6ccccc6c6cccc4c65)c3Cl)c2)cc1. The number of anilines is 9. The molecule has 12 aromatic rings. The number of halogens is 1. The van der Waals surface area contributed by atoms with Gasteiger partial charge in [0.05, 0.1) is 56.1 Å². The van der Waals surface area contributed by atoms with Crippen molar-refractivity contribution in [2.75, 3.05) is 14.7 Å². The van der Waals surface area contributed by atoms with Crippen molar-refractivity contribution in [2.24, 2.45) is 0 Å². The standard InChI is InChI=1S/C69H54ClN5O/c1-68(2,3)46-30-36-48(37-31-46)72(49-38-32-47(33-39-49)69(4,5)6)51-16-13-17-52(42-51)73(50-34-28-45(29-35-50)53-20-14-22-57-55-19-8-12-27-64(55)76-67(53)57)62-40-44(43-71)41-63(65(62)70)74-59-24-10-11-25-60(59)75-58-23-9-7-18-54(58)56-21-15-26-61(74)66(56)75/h7-42H,1-6H3. The maximum absolute atomic E-state index is 11.1. The third-order valence-corrected chi connectivity index (χ3v) is 15.5. The quantitative estimate of drug-likeness (QED) is 0.152. The van der Waals surface area contributed by atoms with E-state index in [2.05, 4.69) is 261 Å². The molecule has 0 unspecified atom stereocenters. The predicted molar refractivity (Wildman–Crippen MR) is 318 cm³/mol. The van der Waals surface area contributed by atoms with E-state index >= 15 is 0 Å². The smallest absolute Gasteiger partial charge is 0.143 e. The third-order valence-electron chi connectivity index (χ3n) is 15.1. The van der Waals surface area contributed by atoms with Crippen molar-refractivity contribution < 1.29 is 4.42 Å². The summed E-state index contributed by atoms with van der Waals surface area (Å²) in [7, 11) is 0. The van der Waals surface area contributed by atoms with Crippen LogP contribution in [-0.4, -0.2) is 4.57 Å². The Morgan fingerprint density at radius 2 is 1.00 bits per heavy atom. The summed E-state index contributed by atoms with van der Waals surface area (Å²) in [5, 5.41) is 16.0. The maximum atomic E-state index is 11.1. The molecular formula is C69H54ClN5O. The molecule has 0 spiro atoms. The van der Waals surface area contributed by atoms with Crippen LogP contribution >= 0.6 is 11.6 Å². The van der Waals surface area contributed by atoms with Gasteiger partial charge in [0, 0.05) is 55.5 Å². The van der Waals surface area contributed by atoms with Crippen molar-refractivity contribution in [3.8, 4) is 22.9 Å². The number of nitriles is 1. The van der Waals surface area contributed by atoms with Crippen LogP contribution in [0, 0.1) is 11.3 Å². The van der Waals surface area contributed by atoms with E-state index in [1.54, 1.807) is 0 Å². The monoisotopic (exact) mass is 1000 g/mol. The van der Waals surface area contributed by atoms with Gasteiger partial charge in [-0.1, -0.05) is 174 Å². The summed E-state index contributed by atoms with van der Waals surface area (Å²) < 4.78 is 8.90. The van der Waals surface area contributed by atoms with Crippen molar-refractivity contribution in [3.05, 3.63) is 240 Å². The first kappa shape index (κ1) is 46.7. The number of hydrogen-bond acceptors (Lipinski definition) is 5. The number of benzene rings is 10. The highest BCUT2D eigenvalue weighted by Gasteiger charge is 2.32. The molecule has 10 aromatic carbocycles. The molecule has 0 saturated carbocycles. The normalized spacial score (nSPS) is 12.4. The van der Waals surface area contributed by atoms with E-state index in [9.17, 15) is 5.26 Å². The molecule has 0 N–H and O–H groups in total. The fourth-order valence-corrected chi connectivity index (χ4v) is 11.6. The molecule has 6 nitrogen and oxygen atoms in total. The molecule has 1 aliphatic heterocycles. The van der Waals surface area contributed by atoms with Crippen LogP contribution in [0.15, 0.2) is 223 Å². The number of fused-ring (bicyclic) bond motifs is 8. The lowest BCUT2D eigenvalue weighted by atomic mass is 9.86. The molecule has 13 rings (SSSR count). The van der Waals surface area contributed by atoms with Crippen molar-refractivity contribution in [2.45, 2.75) is 52.4 Å². The molecule has 2 aromatic heterocycles. The molecule has 0 amide bonds. The van der Waals surface area contributed by atoms with Crippen LogP contribution in [0.25, 0.3) is 60.6 Å². The summed E-state index contributed by atoms with van der Waals surface area (Å²) in [6, 6.07) is 79.4. The predicted octanol–water partition coefficient (Wildman–Crippen LogP) is 20.2. The van der Waals surface area contributed by atoms with Gasteiger partial charge in [0.15, 0.2) is 0 Å². The van der Waals surface area contributed by atoms with Gasteiger partial charge in [0.25, 0.3) is 0 Å². The number of hydrogen-bond donors (Lipinski definition) is 0. The molecule has 0 aliphatic carbocycles. The van der Waals surface area contributed by atoms with E-state index in [1.807, 2.05) is 24.3 Å². The minimum absolute atomic E-state index is 0.0104. The van der Waals surface area contributed by atoms with Crippen LogP contribution in [0.5, 0.6) is 0 Å². The average molecular weight is 1000 g/mol. The van der Waals surface area contributed by atoms with Crippen LogP contribution in [0.1, 0.15) is 58.2 Å². The van der Waals surface area contributed by atoms with Crippen LogP contribution in [0.3, 0.4) is 0 Å². The summed E-state index contributed by atoms with van der Waals surface area (Å²) in [5.41, 5.74) is 17.9. The van der Waals surface area contributed by atoms with Crippen LogP contribution in [0.2, 0.25) is 5.02 Å². The van der Waals surface area contributed by atoms with Gasteiger partial charge in [0.2, 0.25) is 0 Å². The van der Waals surface area contributed by atoms with E-state index in [-0.39, 0.29) is 10.8 Å². The highest BCUT2D eigenvalue weighted by atomic mass is 35.5. The largest absolute Gasteiger partial charge is 0.455 e. The average Bonchev–Trinajstić information content (AvgIpc) is 4.18. The molecule has 0 atom stereocenters. The number of furan rings is 1. The van der Waals surface area contributed by atoms with Crippen molar-refractivity contribution >= 4 is 107 Å². The Balaban J connectivity index is 1.02. The van der Waals surface area contributed by atoms with Crippen LogP contribution < -0.4 is 14.7 Å². The second kappa shape index (κ2) is 17.8. The zero-order chi connectivity index (χ0) is 52.0. The Hall–Kier alpha value is -9.02. The molecule has 368 valence electrons. The van der Waals surface area contributed by atoms with Gasteiger partial charge in [-0.15, -0.1) is 0 Å². The summed E-state index contributed by atoms with van der Waals surface area (Å²) >= 11 is 8.08. The molecule has 3 heterocycles. The van der Waals surface area contributed by atoms with Crippen molar-refractivity contribution in [3.63, 3.8) is 0 Å². The molecule has 7 heteroatoms. The van der Waals surface area contributed by atoms with Gasteiger partial charge in [-0.05, 0) is 125 Å². The van der Waals surface area contributed by atoms with Crippen molar-refractivity contribution in [1.82, 2.24) is 4.57 Å². The van der Waals surface area contributed by atoms with E-state index in [0.29, 0.717) is 22.0 Å². The summed E-state index contributed by atoms with van der Waals surface area (Å²) in [6.45, 7) is 13.5. The molecule has 0 saturated heterocycles. The summed E-state index contributed by atoms with van der Waals surface area (Å²) in [5.74, 6) is 0. The topological polar surface area (TPSA) is 51.6 Å². The molecule has 0 fully saturated rings. The first-order chi connectivity index (χ1) is 36.8. The van der Waals surface area contributed by atoms with Gasteiger partial charge in [-0.3, -0.25) is 0 Å². The number of para-hydroxylation sites is 6. The fraction of sp³-hybridized carbons (Fsp3) is 0.116. The van der Waals surface area contributed by atoms with Crippen LogP contribution in [-0.2, 0) is 10.8 Å². The first-order valence-corrected chi connectivity index (χ1v) is 26.3. The van der Waals surface area contributed by atoms with Crippen LogP contribution in [0.4, 0.5) is 51.2 Å². The molecule has 76 heavy (non-hydrogen) atoms. The van der Waals surface area contributed by atoms with Gasteiger partial charge >= 0.3 is 0 Å². The van der Waals surface area contributed by atoms with E-state index in [0.717, 1.165) is 95.0 Å². The van der Waals surface area contributed by atoms with Gasteiger partial charge in [-0.2, -0.15) is 5.26 Å². The lowest BCUT2D eigenvalue weighted by Gasteiger charge is -2.35. The highest BCUT2D eigenvalue weighted by molar-refractivity contribution is 6.37. The van der Waals surface area contributed by atoms with Gasteiger partial charge in [-0.25, -0.2) is 0 Å². The number of nitrogens with zero attached hydrogens (tertiary/aromatic N) is 5. The second-order valence-corrected chi connectivity index (χ2v) is 22.3. The Kier molecular flexibility index (Phi) is 11.0. The second-order valence-electron chi connectivity index (χ2n) is 21.9. The Bertz CT molecular complexity index is 4220. The first-order valence-electron chi connectivity index (χ1n) is 25.9. The Morgan fingerprint density at radius 3 is 1.68 bits per heavy atom. The number of aromatic nitrogens is 1. The van der Waals surface area contributed by atoms with Gasteiger partial charge < -0.3 is 23.7 Å². The lowest BCUT2D eigenvalue weighted by Crippen LogP contribution is -2.20. The van der Waals surface area contributed by atoms with Gasteiger partial charge in [0.1, 0.15) is 11.2 Å². The fourth-order valence-electron chi connectivity index (χ4n) is 11.3. The molecule has 1 aliphatic rings.